The van der Waals surface area contributed by atoms with Crippen molar-refractivity contribution in [3.63, 3.8) is 0 Å². The van der Waals surface area contributed by atoms with E-state index in [2.05, 4.69) is 0 Å². The Kier molecular flexibility index (Phi) is 7.53. The molecule has 1 amide bonds. The number of carbonyl (C=O) groups is 1. The van der Waals surface area contributed by atoms with E-state index in [9.17, 15) is 13.2 Å². The molecule has 0 aromatic heterocycles. The number of para-hydroxylation sites is 1. The van der Waals surface area contributed by atoms with E-state index in [1.807, 2.05) is 35.2 Å². The number of carbonyl (C=O) groups excluding carboxylic acids is 1. The van der Waals surface area contributed by atoms with Crippen LogP contribution in [0.25, 0.3) is 0 Å². The summed E-state index contributed by atoms with van der Waals surface area (Å²) in [7, 11) is -3.95. The van der Waals surface area contributed by atoms with Crippen LogP contribution >= 0.6 is 11.6 Å². The number of hydrogen-bond donors (Lipinski definition) is 2. The van der Waals surface area contributed by atoms with Crippen molar-refractivity contribution in [2.75, 3.05) is 6.54 Å². The van der Waals surface area contributed by atoms with Crippen molar-refractivity contribution in [3.05, 3.63) is 89.4 Å². The molecule has 1 saturated heterocycles. The Labute approximate surface area is 203 Å². The number of nitrogens with one attached hydrogen (secondary N) is 1. The lowest BCUT2D eigenvalue weighted by molar-refractivity contribution is -0.135. The van der Waals surface area contributed by atoms with Gasteiger partial charge in [0.1, 0.15) is 21.8 Å². The molecular formula is C25H25ClN2O5S. The zero-order chi connectivity index (χ0) is 24.1. The first-order chi connectivity index (χ1) is 16.4. The number of piperidine rings is 1. The van der Waals surface area contributed by atoms with Gasteiger partial charge in [-0.2, -0.15) is 0 Å². The molecular weight excluding hydrogens is 476 g/mol. The number of likely N-dealkylation sites (tertiary alicyclic amines) is 1. The third-order valence-electron chi connectivity index (χ3n) is 5.92. The second-order valence-electron chi connectivity index (χ2n) is 8.16. The Morgan fingerprint density at radius 2 is 1.71 bits per heavy atom. The molecule has 0 bridgehead atoms. The van der Waals surface area contributed by atoms with E-state index in [1.54, 1.807) is 47.9 Å². The highest BCUT2D eigenvalue weighted by Gasteiger charge is 2.41. The lowest BCUT2D eigenvalue weighted by atomic mass is 9.95. The van der Waals surface area contributed by atoms with Gasteiger partial charge in [-0.05, 0) is 54.8 Å². The number of hydroxylamine groups is 1. The minimum atomic E-state index is -3.95. The molecule has 1 aliphatic rings. The molecule has 0 spiro atoms. The predicted molar refractivity (Wildman–Crippen MR) is 128 cm³/mol. The maximum Gasteiger partial charge on any atom is 0.246 e. The van der Waals surface area contributed by atoms with E-state index in [1.165, 1.54) is 6.07 Å². The molecule has 0 saturated carbocycles. The smallest absolute Gasteiger partial charge is 0.246 e. The van der Waals surface area contributed by atoms with Crippen LogP contribution in [0.1, 0.15) is 18.4 Å². The van der Waals surface area contributed by atoms with Crippen LogP contribution < -0.4 is 10.2 Å². The molecule has 0 aliphatic carbocycles. The minimum absolute atomic E-state index is 0.0399. The molecule has 1 fully saturated rings. The largest absolute Gasteiger partial charge is 0.456 e. The van der Waals surface area contributed by atoms with Gasteiger partial charge >= 0.3 is 0 Å². The van der Waals surface area contributed by atoms with Gasteiger partial charge in [0, 0.05) is 24.0 Å². The molecule has 9 heteroatoms. The molecule has 2 atom stereocenters. The van der Waals surface area contributed by atoms with Crippen LogP contribution in [-0.2, 0) is 21.2 Å². The first-order valence-electron chi connectivity index (χ1n) is 10.9. The van der Waals surface area contributed by atoms with Crippen molar-refractivity contribution < 1.29 is 23.2 Å². The third-order valence-corrected chi connectivity index (χ3v) is 8.33. The molecule has 178 valence electrons. The maximum absolute atomic E-state index is 14.0. The van der Waals surface area contributed by atoms with Gasteiger partial charge in [-0.1, -0.05) is 54.1 Å². The van der Waals surface area contributed by atoms with Crippen molar-refractivity contribution in [1.82, 2.24) is 10.4 Å². The number of ether oxygens (including phenoxy) is 1. The van der Waals surface area contributed by atoms with E-state index in [0.717, 1.165) is 5.56 Å². The molecule has 2 N–H and O–H groups in total. The highest BCUT2D eigenvalue weighted by Crippen LogP contribution is 2.36. The molecule has 7 nitrogen and oxygen atoms in total. The molecule has 34 heavy (non-hydrogen) atoms. The lowest BCUT2D eigenvalue weighted by Gasteiger charge is -2.38. The number of amides is 1. The van der Waals surface area contributed by atoms with Crippen molar-refractivity contribution >= 4 is 27.3 Å². The summed E-state index contributed by atoms with van der Waals surface area (Å²) in [5.41, 5.74) is 2.64. The molecule has 3 aromatic carbocycles. The van der Waals surface area contributed by atoms with E-state index in [4.69, 9.17) is 21.5 Å². The quantitative estimate of drug-likeness (QED) is 0.362. The molecule has 3 aromatic rings. The Hall–Kier alpha value is -2.91. The lowest BCUT2D eigenvalue weighted by Crippen LogP contribution is -2.49. The fourth-order valence-corrected chi connectivity index (χ4v) is 6.31. The van der Waals surface area contributed by atoms with Gasteiger partial charge in [-0.25, -0.2) is 13.9 Å². The van der Waals surface area contributed by atoms with Crippen LogP contribution in [0.15, 0.2) is 83.8 Å². The summed E-state index contributed by atoms with van der Waals surface area (Å²) in [6, 6.07) is 22.7. The third kappa shape index (κ3) is 5.42. The number of halogens is 1. The van der Waals surface area contributed by atoms with E-state index >= 15 is 0 Å². The van der Waals surface area contributed by atoms with Gasteiger partial charge in [-0.15, -0.1) is 0 Å². The van der Waals surface area contributed by atoms with Crippen molar-refractivity contribution in [3.8, 4) is 11.5 Å². The molecule has 0 radical (unpaired) electrons. The number of nitrogens with zero attached hydrogens (tertiary/aromatic N) is 1. The van der Waals surface area contributed by atoms with Gasteiger partial charge in [0.05, 0.1) is 0 Å². The summed E-state index contributed by atoms with van der Waals surface area (Å²) in [5, 5.41) is 8.70. The van der Waals surface area contributed by atoms with E-state index < -0.39 is 27.0 Å². The van der Waals surface area contributed by atoms with Crippen LogP contribution in [-0.4, -0.2) is 36.4 Å². The number of benzene rings is 3. The summed E-state index contributed by atoms with van der Waals surface area (Å²) in [4.78, 5) is 14.1. The summed E-state index contributed by atoms with van der Waals surface area (Å²) < 4.78 is 33.9. The van der Waals surface area contributed by atoms with Crippen molar-refractivity contribution in [1.29, 1.82) is 0 Å². The summed E-state index contributed by atoms with van der Waals surface area (Å²) in [6.07, 6.45) is 0.491. The summed E-state index contributed by atoms with van der Waals surface area (Å²) in [6.45, 7) is 0.801. The fourth-order valence-electron chi connectivity index (χ4n) is 4.17. The Bertz CT molecular complexity index is 1240. The summed E-state index contributed by atoms with van der Waals surface area (Å²) in [5.74, 6) is -0.556. The topological polar surface area (TPSA) is 95.9 Å². The highest BCUT2D eigenvalue weighted by molar-refractivity contribution is 7.92. The monoisotopic (exact) mass is 500 g/mol. The zero-order valence-corrected chi connectivity index (χ0v) is 19.9. The molecule has 2 unspecified atom stereocenters. The average molecular weight is 501 g/mol. The Morgan fingerprint density at radius 3 is 2.41 bits per heavy atom. The van der Waals surface area contributed by atoms with Gasteiger partial charge in [0.25, 0.3) is 0 Å². The molecule has 1 aliphatic heterocycles. The standard InChI is InChI=1S/C25H25ClN2O5S/c26-20-10-12-21(13-11-20)33-22-8-4-5-9-23(22)34(31,32)24-16-19(25(29)27-30)14-15-28(24)17-18-6-2-1-3-7-18/h1-13,19,24,30H,14-17H2,(H,27,29). The van der Waals surface area contributed by atoms with Crippen LogP contribution in [0.4, 0.5) is 0 Å². The maximum atomic E-state index is 14.0. The Morgan fingerprint density at radius 1 is 1.03 bits per heavy atom. The van der Waals surface area contributed by atoms with E-state index in [0.29, 0.717) is 30.3 Å². The normalized spacial score (nSPS) is 18.9. The van der Waals surface area contributed by atoms with Crippen LogP contribution in [0.3, 0.4) is 0 Å². The first kappa shape index (κ1) is 24.2. The second-order valence-corrected chi connectivity index (χ2v) is 10.7. The van der Waals surface area contributed by atoms with Crippen molar-refractivity contribution in [2.24, 2.45) is 5.92 Å². The van der Waals surface area contributed by atoms with Crippen LogP contribution in [0, 0.1) is 5.92 Å². The number of sulfone groups is 1. The van der Waals surface area contributed by atoms with Crippen LogP contribution in [0.5, 0.6) is 11.5 Å². The van der Waals surface area contributed by atoms with Gasteiger partial charge in [0.15, 0.2) is 9.84 Å². The number of rotatable bonds is 7. The average Bonchev–Trinajstić information content (AvgIpc) is 2.86. The second kappa shape index (κ2) is 10.6. The minimum Gasteiger partial charge on any atom is -0.456 e. The SMILES string of the molecule is O=C(NO)C1CCN(Cc2ccccc2)C(S(=O)(=O)c2ccccc2Oc2ccc(Cl)cc2)C1. The highest BCUT2D eigenvalue weighted by atomic mass is 35.5. The molecule has 1 heterocycles. The van der Waals surface area contributed by atoms with Gasteiger partial charge in [-0.3, -0.25) is 14.9 Å². The Balaban J connectivity index is 1.69. The van der Waals surface area contributed by atoms with Gasteiger partial charge in [0.2, 0.25) is 5.91 Å². The van der Waals surface area contributed by atoms with Crippen molar-refractivity contribution in [2.45, 2.75) is 29.7 Å². The number of hydrogen-bond acceptors (Lipinski definition) is 6. The van der Waals surface area contributed by atoms with Crippen LogP contribution in [0.2, 0.25) is 5.02 Å². The molecule has 4 rings (SSSR count). The summed E-state index contributed by atoms with van der Waals surface area (Å²) >= 11 is 5.95. The van der Waals surface area contributed by atoms with Gasteiger partial charge < -0.3 is 4.74 Å². The fraction of sp³-hybridized carbons (Fsp3) is 0.240. The predicted octanol–water partition coefficient (Wildman–Crippen LogP) is 4.65. The zero-order valence-electron chi connectivity index (χ0n) is 18.3. The first-order valence-corrected chi connectivity index (χ1v) is 12.8. The van der Waals surface area contributed by atoms with E-state index in [-0.39, 0.29) is 17.1 Å².